The van der Waals surface area contributed by atoms with Gasteiger partial charge in [-0.1, -0.05) is 58.7 Å². The van der Waals surface area contributed by atoms with Gasteiger partial charge >= 0.3 is 0 Å². The zero-order valence-corrected chi connectivity index (χ0v) is 11.7. The lowest BCUT2D eigenvalue weighted by Gasteiger charge is -2.04. The lowest BCUT2D eigenvalue weighted by molar-refractivity contribution is 0.432. The first kappa shape index (κ1) is 13.0. The highest BCUT2D eigenvalue weighted by molar-refractivity contribution is 6.37. The molecular weight excluding hydrogens is 297 g/mol. The van der Waals surface area contributed by atoms with Crippen LogP contribution in [-0.2, 0) is 0 Å². The third kappa shape index (κ3) is 2.24. The molecule has 0 radical (unpaired) electrons. The topological polar surface area (TPSA) is 64.9 Å². The van der Waals surface area contributed by atoms with Crippen molar-refractivity contribution in [1.29, 1.82) is 0 Å². The normalized spacial score (nSPS) is 10.7. The highest BCUT2D eigenvalue weighted by atomic mass is 35.5. The van der Waals surface area contributed by atoms with Gasteiger partial charge in [-0.3, -0.25) is 0 Å². The average Bonchev–Trinajstić information content (AvgIpc) is 2.94. The highest BCUT2D eigenvalue weighted by Crippen LogP contribution is 2.37. The maximum Gasteiger partial charge on any atom is 0.261 e. The molecule has 0 aliphatic heterocycles. The number of benzene rings is 2. The van der Waals surface area contributed by atoms with Crippen LogP contribution >= 0.6 is 23.2 Å². The van der Waals surface area contributed by atoms with E-state index in [4.69, 9.17) is 33.5 Å². The number of anilines is 1. The van der Waals surface area contributed by atoms with E-state index in [0.29, 0.717) is 27.1 Å². The number of nitrogens with two attached hydrogens (primary N) is 1. The van der Waals surface area contributed by atoms with Crippen molar-refractivity contribution in [2.45, 2.75) is 0 Å². The van der Waals surface area contributed by atoms with Gasteiger partial charge in [0, 0.05) is 5.56 Å². The zero-order valence-electron chi connectivity index (χ0n) is 10.2. The molecule has 4 nitrogen and oxygen atoms in total. The minimum absolute atomic E-state index is 0.244. The van der Waals surface area contributed by atoms with E-state index in [9.17, 15) is 0 Å². The van der Waals surface area contributed by atoms with Crippen molar-refractivity contribution in [2.24, 2.45) is 0 Å². The monoisotopic (exact) mass is 305 g/mol. The lowest BCUT2D eigenvalue weighted by atomic mass is 10.1. The second-order valence-electron chi connectivity index (χ2n) is 4.11. The van der Waals surface area contributed by atoms with E-state index in [1.807, 2.05) is 30.3 Å². The summed E-state index contributed by atoms with van der Waals surface area (Å²) in [6.07, 6.45) is 0. The molecule has 1 heterocycles. The minimum atomic E-state index is 0.244. The van der Waals surface area contributed by atoms with E-state index in [1.165, 1.54) is 0 Å². The summed E-state index contributed by atoms with van der Waals surface area (Å²) in [6, 6.07) is 12.7. The Morgan fingerprint density at radius 3 is 2.40 bits per heavy atom. The number of rotatable bonds is 2. The molecule has 0 aliphatic rings. The lowest BCUT2D eigenvalue weighted by Crippen LogP contribution is -1.92. The predicted molar refractivity (Wildman–Crippen MR) is 79.6 cm³/mol. The molecule has 0 bridgehead atoms. The molecule has 0 unspecified atom stereocenters. The molecule has 0 saturated carbocycles. The Kier molecular flexibility index (Phi) is 3.34. The summed E-state index contributed by atoms with van der Waals surface area (Å²) in [5.74, 6) is 0.713. The van der Waals surface area contributed by atoms with E-state index < -0.39 is 0 Å². The minimum Gasteiger partial charge on any atom is -0.397 e. The first-order valence-electron chi connectivity index (χ1n) is 5.80. The summed E-state index contributed by atoms with van der Waals surface area (Å²) < 4.78 is 5.24. The number of halogens is 2. The second-order valence-corrected chi connectivity index (χ2v) is 4.92. The fourth-order valence-corrected chi connectivity index (χ4v) is 2.22. The number of nitrogen functional groups attached to an aromatic ring is 1. The van der Waals surface area contributed by atoms with Gasteiger partial charge in [-0.15, -0.1) is 0 Å². The van der Waals surface area contributed by atoms with Crippen molar-refractivity contribution in [2.75, 3.05) is 5.73 Å². The van der Waals surface area contributed by atoms with Gasteiger partial charge in [0.25, 0.3) is 5.89 Å². The van der Waals surface area contributed by atoms with E-state index in [1.54, 1.807) is 12.1 Å². The number of hydrogen-bond donors (Lipinski definition) is 1. The molecule has 3 aromatic rings. The predicted octanol–water partition coefficient (Wildman–Crippen LogP) is 4.29. The molecule has 2 aromatic carbocycles. The molecule has 20 heavy (non-hydrogen) atoms. The molecule has 0 spiro atoms. The van der Waals surface area contributed by atoms with Gasteiger partial charge in [-0.05, 0) is 12.1 Å². The molecule has 0 fully saturated rings. The molecule has 6 heteroatoms. The van der Waals surface area contributed by atoms with Crippen LogP contribution in [0.1, 0.15) is 0 Å². The highest BCUT2D eigenvalue weighted by Gasteiger charge is 2.18. The SMILES string of the molecule is Nc1c(Cl)ccc(Cl)c1-c1nc(-c2ccccc2)no1. The van der Waals surface area contributed by atoms with Crippen molar-refractivity contribution in [3.05, 3.63) is 52.5 Å². The van der Waals surface area contributed by atoms with Gasteiger partial charge in [-0.25, -0.2) is 0 Å². The van der Waals surface area contributed by atoms with E-state index >= 15 is 0 Å². The molecule has 3 rings (SSSR count). The molecule has 0 amide bonds. The number of nitrogens with zero attached hydrogens (tertiary/aromatic N) is 2. The summed E-state index contributed by atoms with van der Waals surface area (Å²) in [4.78, 5) is 4.31. The van der Waals surface area contributed by atoms with Crippen LogP contribution < -0.4 is 5.73 Å². The van der Waals surface area contributed by atoms with Gasteiger partial charge in [0.05, 0.1) is 21.3 Å². The van der Waals surface area contributed by atoms with Crippen LogP contribution in [-0.4, -0.2) is 10.1 Å². The molecule has 0 aliphatic carbocycles. The zero-order chi connectivity index (χ0) is 14.1. The van der Waals surface area contributed by atoms with Crippen LogP contribution in [0.15, 0.2) is 47.0 Å². The molecule has 0 atom stereocenters. The van der Waals surface area contributed by atoms with Gasteiger partial charge in [0.2, 0.25) is 5.82 Å². The number of aromatic nitrogens is 2. The van der Waals surface area contributed by atoms with Crippen LogP contribution in [0.2, 0.25) is 10.0 Å². The molecular formula is C14H9Cl2N3O. The van der Waals surface area contributed by atoms with Crippen molar-refractivity contribution >= 4 is 28.9 Å². The van der Waals surface area contributed by atoms with Gasteiger partial charge in [0.1, 0.15) is 0 Å². The summed E-state index contributed by atoms with van der Waals surface area (Å²) in [6.45, 7) is 0. The fourth-order valence-electron chi connectivity index (χ4n) is 1.81. The summed E-state index contributed by atoms with van der Waals surface area (Å²) in [7, 11) is 0. The molecule has 100 valence electrons. The summed E-state index contributed by atoms with van der Waals surface area (Å²) in [5.41, 5.74) is 7.54. The van der Waals surface area contributed by atoms with Crippen LogP contribution in [0.25, 0.3) is 22.8 Å². The number of hydrogen-bond acceptors (Lipinski definition) is 4. The Bertz CT molecular complexity index is 756. The van der Waals surface area contributed by atoms with E-state index in [-0.39, 0.29) is 5.89 Å². The standard InChI is InChI=1S/C14H9Cl2N3O/c15-9-6-7-10(16)12(17)11(9)14-18-13(19-20-14)8-4-2-1-3-5-8/h1-7H,17H2. The smallest absolute Gasteiger partial charge is 0.261 e. The van der Waals surface area contributed by atoms with Gasteiger partial charge in [-0.2, -0.15) is 4.98 Å². The maximum atomic E-state index is 6.12. The molecule has 0 saturated heterocycles. The van der Waals surface area contributed by atoms with E-state index in [0.717, 1.165) is 5.56 Å². The van der Waals surface area contributed by atoms with Crippen LogP contribution in [0.5, 0.6) is 0 Å². The third-order valence-electron chi connectivity index (χ3n) is 2.81. The maximum absolute atomic E-state index is 6.12. The Balaban J connectivity index is 2.10. The van der Waals surface area contributed by atoms with Crippen molar-refractivity contribution in [1.82, 2.24) is 10.1 Å². The van der Waals surface area contributed by atoms with Crippen LogP contribution in [0.4, 0.5) is 5.69 Å². The summed E-state index contributed by atoms with van der Waals surface area (Å²) in [5, 5.41) is 4.74. The fraction of sp³-hybridized carbons (Fsp3) is 0. The average molecular weight is 306 g/mol. The van der Waals surface area contributed by atoms with Gasteiger partial charge in [0.15, 0.2) is 0 Å². The van der Waals surface area contributed by atoms with Crippen LogP contribution in [0.3, 0.4) is 0 Å². The second kappa shape index (κ2) is 5.15. The summed E-state index contributed by atoms with van der Waals surface area (Å²) >= 11 is 12.1. The third-order valence-corrected chi connectivity index (χ3v) is 3.46. The first-order valence-corrected chi connectivity index (χ1v) is 6.55. The van der Waals surface area contributed by atoms with E-state index in [2.05, 4.69) is 10.1 Å². The van der Waals surface area contributed by atoms with Gasteiger partial charge < -0.3 is 10.3 Å². The Morgan fingerprint density at radius 2 is 1.65 bits per heavy atom. The molecule has 1 aromatic heterocycles. The Hall–Kier alpha value is -2.04. The Morgan fingerprint density at radius 1 is 0.950 bits per heavy atom. The van der Waals surface area contributed by atoms with Crippen molar-refractivity contribution < 1.29 is 4.52 Å². The van der Waals surface area contributed by atoms with Crippen LogP contribution in [0, 0.1) is 0 Å². The Labute approximate surface area is 125 Å². The molecule has 2 N–H and O–H groups in total. The quantitative estimate of drug-likeness (QED) is 0.717. The van der Waals surface area contributed by atoms with Crippen molar-refractivity contribution in [3.8, 4) is 22.8 Å². The van der Waals surface area contributed by atoms with Crippen molar-refractivity contribution in [3.63, 3.8) is 0 Å². The first-order chi connectivity index (χ1) is 9.66. The largest absolute Gasteiger partial charge is 0.397 e.